The van der Waals surface area contributed by atoms with Crippen LogP contribution in [-0.4, -0.2) is 16.2 Å². The van der Waals surface area contributed by atoms with Crippen LogP contribution in [0, 0.1) is 5.92 Å². The molecule has 1 saturated heterocycles. The molecule has 0 aromatic carbocycles. The average Bonchev–Trinajstić information content (AvgIpc) is 2.05. The molecule has 1 heterocycles. The molecule has 3 heteroatoms. The van der Waals surface area contributed by atoms with Crippen LogP contribution in [0.1, 0.15) is 26.2 Å². The molecule has 0 radical (unpaired) electrons. The summed E-state index contributed by atoms with van der Waals surface area (Å²) in [6.45, 7) is 4.40. The van der Waals surface area contributed by atoms with Crippen molar-refractivity contribution in [2.75, 3.05) is 13.1 Å². The van der Waals surface area contributed by atoms with E-state index in [9.17, 15) is 3.07 Å². The minimum atomic E-state index is -0.855. The van der Waals surface area contributed by atoms with E-state index in [1.54, 1.807) is 0 Å². The lowest BCUT2D eigenvalue weighted by atomic mass is 9.96. The van der Waals surface area contributed by atoms with E-state index in [0.717, 1.165) is 19.0 Å². The first-order valence-electron chi connectivity index (χ1n) is 3.89. The van der Waals surface area contributed by atoms with Gasteiger partial charge in [-0.25, -0.2) is 3.11 Å². The monoisotopic (exact) mass is 255 g/mol. The fourth-order valence-corrected chi connectivity index (χ4v) is 2.33. The molecule has 1 rings (SSSR count). The summed E-state index contributed by atoms with van der Waals surface area (Å²) < 4.78 is 12.6. The van der Waals surface area contributed by atoms with Crippen LogP contribution in [0.5, 0.6) is 0 Å². The fraction of sp³-hybridized carbons (Fsp3) is 1.00. The van der Waals surface area contributed by atoms with Crippen molar-refractivity contribution in [1.82, 2.24) is 3.11 Å². The highest BCUT2D eigenvalue weighted by Gasteiger charge is 2.16. The Kier molecular flexibility index (Phi) is 3.76. The third kappa shape index (κ3) is 2.27. The molecule has 0 spiro atoms. The van der Waals surface area contributed by atoms with E-state index in [1.807, 2.05) is 0 Å². The fourth-order valence-electron chi connectivity index (χ4n) is 1.38. The van der Waals surface area contributed by atoms with Crippen LogP contribution >= 0.6 is 21.5 Å². The van der Waals surface area contributed by atoms with E-state index in [2.05, 4.69) is 10.0 Å². The molecule has 0 N–H and O–H groups in total. The van der Waals surface area contributed by atoms with Crippen LogP contribution in [0.3, 0.4) is 0 Å². The normalized spacial score (nSPS) is 23.3. The highest BCUT2D eigenvalue weighted by molar-refractivity contribution is 14.1. The minimum Gasteiger partial charge on any atom is -0.252 e. The van der Waals surface area contributed by atoms with Crippen molar-refractivity contribution < 1.29 is 3.07 Å². The molecule has 10 heavy (non-hydrogen) atoms. The molecule has 1 fully saturated rings. The van der Waals surface area contributed by atoms with Crippen molar-refractivity contribution in [2.24, 2.45) is 5.92 Å². The van der Waals surface area contributed by atoms with Crippen LogP contribution in [-0.2, 0) is 3.07 Å². The van der Waals surface area contributed by atoms with E-state index in [-0.39, 0.29) is 0 Å². The lowest BCUT2D eigenvalue weighted by Crippen LogP contribution is -2.25. The van der Waals surface area contributed by atoms with Crippen molar-refractivity contribution in [3.8, 4) is 0 Å². The van der Waals surface area contributed by atoms with Gasteiger partial charge in [-0.3, -0.25) is 3.07 Å². The van der Waals surface area contributed by atoms with E-state index in [1.165, 1.54) is 19.3 Å². The summed E-state index contributed by atoms with van der Waals surface area (Å²) in [5, 5.41) is 0. The first-order chi connectivity index (χ1) is 4.86. The lowest BCUT2D eigenvalue weighted by Gasteiger charge is -2.25. The Labute approximate surface area is 73.0 Å². The Hall–Kier alpha value is 0.490. The van der Waals surface area contributed by atoms with Gasteiger partial charge in [0.25, 0.3) is 0 Å². The second-order valence-electron chi connectivity index (χ2n) is 2.83. The van der Waals surface area contributed by atoms with Gasteiger partial charge in [0.1, 0.15) is 0 Å². The molecule has 0 aromatic heterocycles. The molecule has 60 valence electrons. The third-order valence-electron chi connectivity index (χ3n) is 2.23. The van der Waals surface area contributed by atoms with Crippen molar-refractivity contribution in [2.45, 2.75) is 26.2 Å². The zero-order chi connectivity index (χ0) is 7.40. The summed E-state index contributed by atoms with van der Waals surface area (Å²) in [4.78, 5) is 0. The molecule has 0 amide bonds. The van der Waals surface area contributed by atoms with Gasteiger partial charge in [-0.15, -0.1) is 0 Å². The zero-order valence-electron chi connectivity index (χ0n) is 6.35. The van der Waals surface area contributed by atoms with Crippen LogP contribution < -0.4 is 0 Å². The maximum atomic E-state index is 10.5. The van der Waals surface area contributed by atoms with Gasteiger partial charge in [-0.1, -0.05) is 13.3 Å². The van der Waals surface area contributed by atoms with Gasteiger partial charge in [0.05, 0.1) is 0 Å². The SMILES string of the molecule is CCC1CCN(I=O)CC1. The van der Waals surface area contributed by atoms with Gasteiger partial charge in [-0.05, 0) is 18.8 Å². The summed E-state index contributed by atoms with van der Waals surface area (Å²) >= 11 is -0.855. The molecule has 0 aromatic rings. The summed E-state index contributed by atoms with van der Waals surface area (Å²) in [7, 11) is 0. The second kappa shape index (κ2) is 4.38. The van der Waals surface area contributed by atoms with E-state index >= 15 is 0 Å². The summed E-state index contributed by atoms with van der Waals surface area (Å²) in [6.07, 6.45) is 3.82. The maximum Gasteiger partial charge on any atom is 0.239 e. The molecule has 0 bridgehead atoms. The van der Waals surface area contributed by atoms with Gasteiger partial charge < -0.3 is 0 Å². The number of hydrogen-bond acceptors (Lipinski definition) is 1. The Morgan fingerprint density at radius 3 is 2.50 bits per heavy atom. The third-order valence-corrected chi connectivity index (χ3v) is 3.76. The smallest absolute Gasteiger partial charge is 0.239 e. The largest absolute Gasteiger partial charge is 0.252 e. The van der Waals surface area contributed by atoms with Crippen molar-refractivity contribution in [1.29, 1.82) is 0 Å². The van der Waals surface area contributed by atoms with Gasteiger partial charge >= 0.3 is 0 Å². The highest BCUT2D eigenvalue weighted by Crippen LogP contribution is 2.23. The molecule has 0 saturated carbocycles. The number of halogens is 1. The molecule has 2 nitrogen and oxygen atoms in total. The Bertz CT molecular complexity index is 110. The van der Waals surface area contributed by atoms with E-state index in [4.69, 9.17) is 0 Å². The molecule has 0 atom stereocenters. The molecule has 1 aliphatic rings. The average molecular weight is 255 g/mol. The van der Waals surface area contributed by atoms with Crippen molar-refractivity contribution >= 4 is 21.5 Å². The Morgan fingerprint density at radius 2 is 2.10 bits per heavy atom. The summed E-state index contributed by atoms with van der Waals surface area (Å²) in [6, 6.07) is 0. The van der Waals surface area contributed by atoms with E-state index < -0.39 is 21.5 Å². The lowest BCUT2D eigenvalue weighted by molar-refractivity contribution is 0.301. The van der Waals surface area contributed by atoms with Crippen LogP contribution in [0.4, 0.5) is 0 Å². The molecule has 0 unspecified atom stereocenters. The molecule has 0 aliphatic carbocycles. The summed E-state index contributed by atoms with van der Waals surface area (Å²) in [5.74, 6) is 0.909. The molecule has 1 aliphatic heterocycles. The quantitative estimate of drug-likeness (QED) is 0.557. The van der Waals surface area contributed by atoms with Crippen LogP contribution in [0.25, 0.3) is 0 Å². The predicted molar refractivity (Wildman–Crippen MR) is 49.3 cm³/mol. The zero-order valence-corrected chi connectivity index (χ0v) is 8.50. The first-order valence-corrected chi connectivity index (χ1v) is 5.73. The van der Waals surface area contributed by atoms with E-state index in [0.29, 0.717) is 0 Å². The number of piperidine rings is 1. The Balaban J connectivity index is 2.23. The van der Waals surface area contributed by atoms with Crippen LogP contribution in [0.2, 0.25) is 0 Å². The summed E-state index contributed by atoms with van der Waals surface area (Å²) in [5.41, 5.74) is 0. The van der Waals surface area contributed by atoms with Crippen LogP contribution in [0.15, 0.2) is 0 Å². The Morgan fingerprint density at radius 1 is 1.50 bits per heavy atom. The van der Waals surface area contributed by atoms with Gasteiger partial charge in [0, 0.05) is 13.1 Å². The van der Waals surface area contributed by atoms with Gasteiger partial charge in [-0.2, -0.15) is 0 Å². The first kappa shape index (κ1) is 8.59. The van der Waals surface area contributed by atoms with Crippen molar-refractivity contribution in [3.05, 3.63) is 0 Å². The topological polar surface area (TPSA) is 20.3 Å². The van der Waals surface area contributed by atoms with Gasteiger partial charge in [0.15, 0.2) is 0 Å². The molecular formula is C7H14INO. The number of hydrogen-bond donors (Lipinski definition) is 0. The highest BCUT2D eigenvalue weighted by atomic mass is 127. The minimum absolute atomic E-state index is 0.855. The predicted octanol–water partition coefficient (Wildman–Crippen LogP) is 2.34. The van der Waals surface area contributed by atoms with Gasteiger partial charge in [0.2, 0.25) is 21.5 Å². The maximum absolute atomic E-state index is 10.5. The standard InChI is InChI=1S/C7H14INO/c1-2-7-3-5-9(8-10)6-4-7/h7H,2-6H2,1H3. The second-order valence-corrected chi connectivity index (χ2v) is 4.59. The van der Waals surface area contributed by atoms with Crippen molar-refractivity contribution in [3.63, 3.8) is 0 Å². The number of nitrogens with zero attached hydrogens (tertiary/aromatic N) is 1. The molecular weight excluding hydrogens is 241 g/mol. The number of rotatable bonds is 2.